The number of benzene rings is 1. The minimum atomic E-state index is -0.811. The van der Waals surface area contributed by atoms with E-state index in [1.54, 1.807) is 28.9 Å². The molecule has 0 fully saturated rings. The summed E-state index contributed by atoms with van der Waals surface area (Å²) in [5.74, 6) is -0.686. The molecule has 0 aliphatic rings. The van der Waals surface area contributed by atoms with E-state index in [2.05, 4.69) is 20.8 Å². The van der Waals surface area contributed by atoms with Gasteiger partial charge in [-0.25, -0.2) is 9.48 Å². The number of aryl methyl sites for hydroxylation is 1. The van der Waals surface area contributed by atoms with Crippen molar-refractivity contribution in [2.24, 2.45) is 5.92 Å². The predicted molar refractivity (Wildman–Crippen MR) is 95.4 cm³/mol. The van der Waals surface area contributed by atoms with Gasteiger partial charge in [0, 0.05) is 6.54 Å². The Morgan fingerprint density at radius 3 is 2.69 bits per heavy atom. The average Bonchev–Trinajstić information content (AvgIpc) is 3.05. The highest BCUT2D eigenvalue weighted by Crippen LogP contribution is 2.16. The van der Waals surface area contributed by atoms with Crippen LogP contribution in [0.15, 0.2) is 24.3 Å². The second kappa shape index (κ2) is 9.28. The van der Waals surface area contributed by atoms with E-state index in [1.807, 2.05) is 20.8 Å². The fourth-order valence-corrected chi connectivity index (χ4v) is 2.52. The van der Waals surface area contributed by atoms with Crippen molar-refractivity contribution in [3.8, 4) is 0 Å². The van der Waals surface area contributed by atoms with Crippen molar-refractivity contribution in [1.82, 2.24) is 25.5 Å². The van der Waals surface area contributed by atoms with E-state index < -0.39 is 17.9 Å². The number of nitrogens with zero attached hydrogens (tertiary/aromatic N) is 4. The fraction of sp³-hybridized carbons (Fsp3) is 0.471. The molecule has 0 bridgehead atoms. The van der Waals surface area contributed by atoms with Crippen molar-refractivity contribution in [1.29, 1.82) is 0 Å². The van der Waals surface area contributed by atoms with Gasteiger partial charge >= 0.3 is 5.97 Å². The minimum Gasteiger partial charge on any atom is -0.456 e. The molecular formula is C17H22ClN5O3. The summed E-state index contributed by atoms with van der Waals surface area (Å²) in [5, 5.41) is 14.3. The van der Waals surface area contributed by atoms with Crippen molar-refractivity contribution in [2.75, 3.05) is 0 Å². The second-order valence-electron chi connectivity index (χ2n) is 6.10. The van der Waals surface area contributed by atoms with E-state index >= 15 is 0 Å². The molecule has 8 nitrogen and oxygen atoms in total. The van der Waals surface area contributed by atoms with Gasteiger partial charge in [-0.15, -0.1) is 5.10 Å². The van der Waals surface area contributed by atoms with Crippen molar-refractivity contribution in [2.45, 2.75) is 46.4 Å². The summed E-state index contributed by atoms with van der Waals surface area (Å²) in [6, 6.07) is 5.84. The molecule has 1 aromatic heterocycles. The number of hydrogen-bond acceptors (Lipinski definition) is 6. The fourth-order valence-electron chi connectivity index (χ4n) is 2.30. The molecule has 1 N–H and O–H groups in total. The molecule has 1 heterocycles. The SMILES string of the molecule is CCCn1nnnc1COC(=O)[C@H](NC(=O)c1ccccc1Cl)C(C)C. The molecule has 9 heteroatoms. The smallest absolute Gasteiger partial charge is 0.329 e. The number of nitrogens with one attached hydrogen (secondary N) is 1. The van der Waals surface area contributed by atoms with Crippen LogP contribution in [0, 0.1) is 5.92 Å². The number of amides is 1. The largest absolute Gasteiger partial charge is 0.456 e. The topological polar surface area (TPSA) is 99.0 Å². The molecule has 0 radical (unpaired) electrons. The number of rotatable bonds is 8. The van der Waals surface area contributed by atoms with Gasteiger partial charge in [-0.3, -0.25) is 4.79 Å². The molecule has 1 aromatic carbocycles. The van der Waals surface area contributed by atoms with Crippen LogP contribution in [0.2, 0.25) is 5.02 Å². The highest BCUT2D eigenvalue weighted by Gasteiger charge is 2.27. The van der Waals surface area contributed by atoms with Crippen LogP contribution in [-0.2, 0) is 22.7 Å². The van der Waals surface area contributed by atoms with Gasteiger partial charge in [-0.1, -0.05) is 44.5 Å². The van der Waals surface area contributed by atoms with Crippen molar-refractivity contribution in [3.63, 3.8) is 0 Å². The third-order valence-electron chi connectivity index (χ3n) is 3.71. The van der Waals surface area contributed by atoms with Gasteiger partial charge in [0.05, 0.1) is 10.6 Å². The first-order valence-corrected chi connectivity index (χ1v) is 8.78. The van der Waals surface area contributed by atoms with E-state index in [-0.39, 0.29) is 12.5 Å². The molecule has 2 rings (SSSR count). The summed E-state index contributed by atoms with van der Waals surface area (Å²) in [7, 11) is 0. The first-order chi connectivity index (χ1) is 12.4. The number of halogens is 1. The Bertz CT molecular complexity index is 762. The van der Waals surface area contributed by atoms with Crippen LogP contribution >= 0.6 is 11.6 Å². The van der Waals surface area contributed by atoms with Crippen LogP contribution < -0.4 is 5.32 Å². The minimum absolute atomic E-state index is 0.0585. The summed E-state index contributed by atoms with van der Waals surface area (Å²) in [5.41, 5.74) is 0.305. The van der Waals surface area contributed by atoms with E-state index in [0.29, 0.717) is 23.0 Å². The first kappa shape index (κ1) is 19.8. The van der Waals surface area contributed by atoms with Crippen LogP contribution in [0.5, 0.6) is 0 Å². The molecule has 1 atom stereocenters. The van der Waals surface area contributed by atoms with Gasteiger partial charge in [0.2, 0.25) is 0 Å². The van der Waals surface area contributed by atoms with E-state index in [0.717, 1.165) is 6.42 Å². The van der Waals surface area contributed by atoms with E-state index in [1.165, 1.54) is 0 Å². The van der Waals surface area contributed by atoms with Crippen LogP contribution in [0.3, 0.4) is 0 Å². The maximum atomic E-state index is 12.5. The Morgan fingerprint density at radius 2 is 2.04 bits per heavy atom. The standard InChI is InChI=1S/C17H22ClN5O3/c1-4-9-23-14(20-21-22-23)10-26-17(25)15(11(2)3)19-16(24)12-7-5-6-8-13(12)18/h5-8,11,15H,4,9-10H2,1-3H3,(H,19,24)/t15-/m1/s1. The Hall–Kier alpha value is -2.48. The average molecular weight is 380 g/mol. The monoisotopic (exact) mass is 379 g/mol. The molecular weight excluding hydrogens is 358 g/mol. The van der Waals surface area contributed by atoms with Gasteiger partial charge in [0.1, 0.15) is 6.04 Å². The number of carbonyl (C=O) groups excluding carboxylic acids is 2. The quantitative estimate of drug-likeness (QED) is 0.706. The summed E-state index contributed by atoms with van der Waals surface area (Å²) >= 11 is 6.04. The lowest BCUT2D eigenvalue weighted by Gasteiger charge is -2.21. The number of carbonyl (C=O) groups is 2. The number of ether oxygens (including phenoxy) is 1. The molecule has 0 aliphatic carbocycles. The summed E-state index contributed by atoms with van der Waals surface area (Å²) in [4.78, 5) is 24.9. The third-order valence-corrected chi connectivity index (χ3v) is 4.04. The van der Waals surface area contributed by atoms with Crippen molar-refractivity contribution < 1.29 is 14.3 Å². The highest BCUT2D eigenvalue weighted by atomic mass is 35.5. The van der Waals surface area contributed by atoms with Crippen LogP contribution in [0.1, 0.15) is 43.4 Å². The normalized spacial score (nSPS) is 12.0. The Morgan fingerprint density at radius 1 is 1.31 bits per heavy atom. The van der Waals surface area contributed by atoms with Gasteiger partial charge in [0.15, 0.2) is 12.4 Å². The molecule has 0 aliphatic heterocycles. The van der Waals surface area contributed by atoms with Gasteiger partial charge in [-0.05, 0) is 34.9 Å². The second-order valence-corrected chi connectivity index (χ2v) is 6.51. The number of hydrogen-bond donors (Lipinski definition) is 1. The molecule has 0 unspecified atom stereocenters. The predicted octanol–water partition coefficient (Wildman–Crippen LogP) is 2.23. The molecule has 2 aromatic rings. The van der Waals surface area contributed by atoms with Crippen LogP contribution in [0.4, 0.5) is 0 Å². The Labute approximate surface area is 156 Å². The lowest BCUT2D eigenvalue weighted by molar-refractivity contribution is -0.148. The molecule has 0 spiro atoms. The van der Waals surface area contributed by atoms with Crippen molar-refractivity contribution in [3.05, 3.63) is 40.7 Å². The molecule has 26 heavy (non-hydrogen) atoms. The maximum Gasteiger partial charge on any atom is 0.329 e. The lowest BCUT2D eigenvalue weighted by atomic mass is 10.0. The van der Waals surface area contributed by atoms with Gasteiger partial charge in [-0.2, -0.15) is 0 Å². The Balaban J connectivity index is 2.02. The summed E-state index contributed by atoms with van der Waals surface area (Å²) in [6.07, 6.45) is 0.856. The zero-order valence-corrected chi connectivity index (χ0v) is 15.7. The van der Waals surface area contributed by atoms with Crippen LogP contribution in [0.25, 0.3) is 0 Å². The lowest BCUT2D eigenvalue weighted by Crippen LogP contribution is -2.45. The number of esters is 1. The molecule has 0 saturated heterocycles. The van der Waals surface area contributed by atoms with Gasteiger partial charge < -0.3 is 10.1 Å². The third kappa shape index (κ3) is 5.01. The number of aromatic nitrogens is 4. The van der Waals surface area contributed by atoms with E-state index in [4.69, 9.17) is 16.3 Å². The van der Waals surface area contributed by atoms with E-state index in [9.17, 15) is 9.59 Å². The van der Waals surface area contributed by atoms with Crippen LogP contribution in [-0.4, -0.2) is 38.1 Å². The zero-order valence-electron chi connectivity index (χ0n) is 15.0. The van der Waals surface area contributed by atoms with Crippen molar-refractivity contribution >= 4 is 23.5 Å². The highest BCUT2D eigenvalue weighted by molar-refractivity contribution is 6.33. The van der Waals surface area contributed by atoms with Gasteiger partial charge in [0.25, 0.3) is 5.91 Å². The summed E-state index contributed by atoms with van der Waals surface area (Å²) in [6.45, 7) is 6.21. The first-order valence-electron chi connectivity index (χ1n) is 8.41. The summed E-state index contributed by atoms with van der Waals surface area (Å²) < 4.78 is 6.90. The molecule has 140 valence electrons. The molecule has 1 amide bonds. The maximum absolute atomic E-state index is 12.5. The zero-order chi connectivity index (χ0) is 19.1. The molecule has 0 saturated carbocycles. The number of tetrazole rings is 1. The Kier molecular flexibility index (Phi) is 7.08.